The van der Waals surface area contributed by atoms with Crippen molar-refractivity contribution in [3.63, 3.8) is 0 Å². The minimum Gasteiger partial charge on any atom is -0.292 e. The fourth-order valence-electron chi connectivity index (χ4n) is 2.41. The second kappa shape index (κ2) is 6.71. The summed E-state index contributed by atoms with van der Waals surface area (Å²) in [5.41, 5.74) is 1.77. The van der Waals surface area contributed by atoms with Gasteiger partial charge in [-0.25, -0.2) is 12.4 Å². The van der Waals surface area contributed by atoms with E-state index >= 15 is 0 Å². The summed E-state index contributed by atoms with van der Waals surface area (Å²) < 4.78 is 27.0. The number of carbonyl (C=O) groups excluding carboxylic acids is 1. The summed E-state index contributed by atoms with van der Waals surface area (Å²) in [5.74, 6) is 0.264. The number of rotatable bonds is 6. The Balaban J connectivity index is 2.45. The number of carbonyl (C=O) groups is 1. The Kier molecular flexibility index (Phi) is 5.09. The smallest absolute Gasteiger partial charge is 0.268 e. The molecule has 0 aliphatic rings. The number of benzene rings is 1. The van der Waals surface area contributed by atoms with Gasteiger partial charge in [0.1, 0.15) is 5.69 Å². The van der Waals surface area contributed by atoms with Crippen LogP contribution in [0.5, 0.6) is 0 Å². The molecule has 2 aromatic rings. The van der Waals surface area contributed by atoms with Gasteiger partial charge in [0, 0.05) is 12.1 Å². The summed E-state index contributed by atoms with van der Waals surface area (Å²) in [6.45, 7) is 7.68. The first-order chi connectivity index (χ1) is 10.7. The Morgan fingerprint density at radius 2 is 1.65 bits per heavy atom. The molecule has 1 heterocycles. The minimum atomic E-state index is -3.76. The van der Waals surface area contributed by atoms with Gasteiger partial charge < -0.3 is 0 Å². The van der Waals surface area contributed by atoms with Crippen LogP contribution >= 0.6 is 0 Å². The van der Waals surface area contributed by atoms with Crippen LogP contribution in [0.3, 0.4) is 0 Å². The lowest BCUT2D eigenvalue weighted by Crippen LogP contribution is -2.20. The zero-order chi connectivity index (χ0) is 17.2. The lowest BCUT2D eigenvalue weighted by atomic mass is 10.0. The topological polar surface area (TPSA) is 56.1 Å². The molecule has 0 N–H and O–H groups in total. The molecule has 5 heteroatoms. The molecular weight excluding hydrogens is 310 g/mol. The minimum absolute atomic E-state index is 0.137. The molecule has 0 spiro atoms. The lowest BCUT2D eigenvalue weighted by Gasteiger charge is -2.13. The number of aromatic nitrogens is 1. The van der Waals surface area contributed by atoms with E-state index < -0.39 is 10.0 Å². The molecule has 0 saturated heterocycles. The van der Waals surface area contributed by atoms with Crippen molar-refractivity contribution < 1.29 is 13.2 Å². The quantitative estimate of drug-likeness (QED) is 0.752. The lowest BCUT2D eigenvalue weighted by molar-refractivity contribution is 0.0969. The maximum Gasteiger partial charge on any atom is 0.268 e. The van der Waals surface area contributed by atoms with E-state index in [2.05, 4.69) is 0 Å². The van der Waals surface area contributed by atoms with Gasteiger partial charge in [0.15, 0.2) is 5.78 Å². The number of ketones is 1. The van der Waals surface area contributed by atoms with Crippen LogP contribution in [-0.2, 0) is 10.0 Å². The molecule has 0 aliphatic heterocycles. The van der Waals surface area contributed by atoms with Crippen molar-refractivity contribution in [2.24, 2.45) is 5.92 Å². The van der Waals surface area contributed by atoms with E-state index in [-0.39, 0.29) is 16.4 Å². The van der Waals surface area contributed by atoms with E-state index in [1.54, 1.807) is 43.3 Å². The molecule has 2 rings (SSSR count). The Morgan fingerprint density at radius 1 is 1.04 bits per heavy atom. The van der Waals surface area contributed by atoms with Gasteiger partial charge in [-0.1, -0.05) is 31.5 Å². The standard InChI is InChI=1S/C18H23NO3S/c1-13(2)5-12-18(20)17-11-8-15(4)19(17)23(21,22)16-9-6-14(3)7-10-16/h6-11,13H,5,12H2,1-4H3. The SMILES string of the molecule is Cc1ccc(S(=O)(=O)n2c(C)ccc2C(=O)CCC(C)C)cc1. The third-order valence-corrected chi connectivity index (χ3v) is 5.65. The first-order valence-electron chi connectivity index (χ1n) is 7.77. The first kappa shape index (κ1) is 17.5. The summed E-state index contributed by atoms with van der Waals surface area (Å²) in [6.07, 6.45) is 1.10. The highest BCUT2D eigenvalue weighted by Crippen LogP contribution is 2.22. The summed E-state index contributed by atoms with van der Waals surface area (Å²) in [4.78, 5) is 12.6. The predicted octanol–water partition coefficient (Wildman–Crippen LogP) is 3.96. The summed E-state index contributed by atoms with van der Waals surface area (Å²) in [6, 6.07) is 9.94. The van der Waals surface area contributed by atoms with Crippen LogP contribution in [0.4, 0.5) is 0 Å². The van der Waals surface area contributed by atoms with Gasteiger partial charge in [0.25, 0.3) is 10.0 Å². The zero-order valence-corrected chi connectivity index (χ0v) is 14.9. The van der Waals surface area contributed by atoms with Crippen LogP contribution in [0.2, 0.25) is 0 Å². The van der Waals surface area contributed by atoms with Gasteiger partial charge in [-0.05, 0) is 50.5 Å². The third kappa shape index (κ3) is 3.72. The molecule has 0 bridgehead atoms. The highest BCUT2D eigenvalue weighted by atomic mass is 32.2. The Hall–Kier alpha value is -1.88. The van der Waals surface area contributed by atoms with Crippen LogP contribution in [0, 0.1) is 19.8 Å². The van der Waals surface area contributed by atoms with E-state index in [4.69, 9.17) is 0 Å². The van der Waals surface area contributed by atoms with Gasteiger partial charge >= 0.3 is 0 Å². The monoisotopic (exact) mass is 333 g/mol. The highest BCUT2D eigenvalue weighted by molar-refractivity contribution is 7.90. The number of nitrogens with zero attached hydrogens (tertiary/aromatic N) is 1. The summed E-state index contributed by atoms with van der Waals surface area (Å²) in [5, 5.41) is 0. The van der Waals surface area contributed by atoms with Crippen LogP contribution in [0.1, 0.15) is 48.4 Å². The fourth-order valence-corrected chi connectivity index (χ4v) is 3.97. The third-order valence-electron chi connectivity index (χ3n) is 3.82. The van der Waals surface area contributed by atoms with Crippen LogP contribution in [0.15, 0.2) is 41.3 Å². The first-order valence-corrected chi connectivity index (χ1v) is 9.21. The number of aryl methyl sites for hydroxylation is 2. The van der Waals surface area contributed by atoms with Crippen LogP contribution in [-0.4, -0.2) is 18.2 Å². The zero-order valence-electron chi connectivity index (χ0n) is 14.0. The average Bonchev–Trinajstić information content (AvgIpc) is 2.87. The average molecular weight is 333 g/mol. The molecule has 4 nitrogen and oxygen atoms in total. The molecule has 124 valence electrons. The van der Waals surface area contributed by atoms with E-state index in [1.807, 2.05) is 20.8 Å². The highest BCUT2D eigenvalue weighted by Gasteiger charge is 2.24. The van der Waals surface area contributed by atoms with Crippen molar-refractivity contribution in [1.82, 2.24) is 3.97 Å². The summed E-state index contributed by atoms with van der Waals surface area (Å²) >= 11 is 0. The van der Waals surface area contributed by atoms with Crippen molar-refractivity contribution in [3.05, 3.63) is 53.3 Å². The van der Waals surface area contributed by atoms with E-state index in [9.17, 15) is 13.2 Å². The number of Topliss-reactive ketones (excluding diaryl/α,β-unsaturated/α-hetero) is 1. The molecule has 0 atom stereocenters. The number of hydrogen-bond donors (Lipinski definition) is 0. The number of hydrogen-bond acceptors (Lipinski definition) is 3. The normalized spacial score (nSPS) is 11.9. The van der Waals surface area contributed by atoms with Crippen molar-refractivity contribution in [3.8, 4) is 0 Å². The molecule has 0 saturated carbocycles. The molecule has 0 radical (unpaired) electrons. The molecule has 0 amide bonds. The second-order valence-corrected chi connectivity index (χ2v) is 8.08. The Labute approximate surface area is 138 Å². The van der Waals surface area contributed by atoms with Crippen LogP contribution in [0.25, 0.3) is 0 Å². The van der Waals surface area contributed by atoms with Crippen molar-refractivity contribution in [2.45, 2.75) is 45.4 Å². The van der Waals surface area contributed by atoms with Crippen molar-refractivity contribution in [2.75, 3.05) is 0 Å². The maximum absolute atomic E-state index is 12.9. The van der Waals surface area contributed by atoms with Gasteiger partial charge in [0.05, 0.1) is 4.90 Å². The Morgan fingerprint density at radius 3 is 2.22 bits per heavy atom. The van der Waals surface area contributed by atoms with E-state index in [0.29, 0.717) is 18.0 Å². The second-order valence-electron chi connectivity index (χ2n) is 6.30. The predicted molar refractivity (Wildman–Crippen MR) is 91.3 cm³/mol. The molecule has 23 heavy (non-hydrogen) atoms. The van der Waals surface area contributed by atoms with E-state index in [0.717, 1.165) is 12.0 Å². The molecule has 0 unspecified atom stereocenters. The molecule has 0 aliphatic carbocycles. The Bertz CT molecular complexity index is 799. The largest absolute Gasteiger partial charge is 0.292 e. The molecular formula is C18H23NO3S. The van der Waals surface area contributed by atoms with Crippen molar-refractivity contribution >= 4 is 15.8 Å². The molecule has 0 fully saturated rings. The van der Waals surface area contributed by atoms with Crippen LogP contribution < -0.4 is 0 Å². The maximum atomic E-state index is 12.9. The van der Waals surface area contributed by atoms with E-state index in [1.165, 1.54) is 3.97 Å². The molecule has 1 aromatic carbocycles. The van der Waals surface area contributed by atoms with Gasteiger partial charge in [0.2, 0.25) is 0 Å². The molecule has 1 aromatic heterocycles. The van der Waals surface area contributed by atoms with Gasteiger partial charge in [-0.3, -0.25) is 4.79 Å². The summed E-state index contributed by atoms with van der Waals surface area (Å²) in [7, 11) is -3.76. The van der Waals surface area contributed by atoms with Gasteiger partial charge in [-0.2, -0.15) is 0 Å². The fraction of sp³-hybridized carbons (Fsp3) is 0.389. The van der Waals surface area contributed by atoms with Crippen molar-refractivity contribution in [1.29, 1.82) is 0 Å². The van der Waals surface area contributed by atoms with Gasteiger partial charge in [-0.15, -0.1) is 0 Å².